The van der Waals surface area contributed by atoms with E-state index >= 15 is 0 Å². The van der Waals surface area contributed by atoms with Gasteiger partial charge in [0.1, 0.15) is 5.75 Å². The van der Waals surface area contributed by atoms with Crippen LogP contribution in [-0.4, -0.2) is 6.09 Å². The van der Waals surface area contributed by atoms with Crippen molar-refractivity contribution in [1.82, 2.24) is 0 Å². The Morgan fingerprint density at radius 3 is 2.61 bits per heavy atom. The smallest absolute Gasteiger partial charge is 0.510 e. The van der Waals surface area contributed by atoms with Crippen molar-refractivity contribution in [1.29, 1.82) is 0 Å². The topological polar surface area (TPSA) is 65.3 Å². The Hall–Kier alpha value is -2.21. The number of carbonyl (C=O) groups is 1. The minimum atomic E-state index is -0.732. The zero-order chi connectivity index (χ0) is 13.0. The molecular weight excluding hydrogens is 252 g/mol. The van der Waals surface area contributed by atoms with Crippen molar-refractivity contribution in [3.8, 4) is 5.75 Å². The van der Waals surface area contributed by atoms with E-state index in [-0.39, 0.29) is 10.8 Å². The van der Waals surface area contributed by atoms with Crippen LogP contribution in [0.3, 0.4) is 0 Å². The van der Waals surface area contributed by atoms with E-state index in [1.165, 1.54) is 12.1 Å². The number of rotatable bonds is 2. The number of para-hydroxylation sites is 1. The second kappa shape index (κ2) is 5.42. The normalized spacial score (nSPS) is 9.83. The van der Waals surface area contributed by atoms with Gasteiger partial charge in [-0.2, -0.15) is 10.1 Å². The van der Waals surface area contributed by atoms with Crippen LogP contribution in [0.1, 0.15) is 0 Å². The van der Waals surface area contributed by atoms with Gasteiger partial charge >= 0.3 is 6.09 Å². The molecule has 0 aliphatic rings. The SMILES string of the molecule is O=C(Nc1cccc(S)[n+]1[O-])Oc1ccccc1. The standard InChI is InChI=1S/C12H10N2O3S/c15-12(17-9-5-2-1-3-6-9)13-10-7-4-8-11(18)14(10)16/h1-8,18H,(H,13,15). The molecule has 2 aromatic rings. The van der Waals surface area contributed by atoms with Gasteiger partial charge in [0.25, 0.3) is 5.82 Å². The molecule has 0 spiro atoms. The lowest BCUT2D eigenvalue weighted by molar-refractivity contribution is -0.630. The van der Waals surface area contributed by atoms with Crippen LogP contribution in [-0.2, 0) is 0 Å². The molecule has 2 rings (SSSR count). The van der Waals surface area contributed by atoms with Crippen LogP contribution < -0.4 is 14.8 Å². The Kier molecular flexibility index (Phi) is 3.69. The number of amides is 1. The molecule has 6 heteroatoms. The maximum atomic E-state index is 11.5. The quantitative estimate of drug-likeness (QED) is 0.495. The molecule has 1 N–H and O–H groups in total. The zero-order valence-electron chi connectivity index (χ0n) is 9.24. The van der Waals surface area contributed by atoms with Crippen LogP contribution in [0, 0.1) is 5.21 Å². The van der Waals surface area contributed by atoms with Crippen molar-refractivity contribution < 1.29 is 14.3 Å². The van der Waals surface area contributed by atoms with Crippen molar-refractivity contribution in [3.05, 3.63) is 53.7 Å². The van der Waals surface area contributed by atoms with E-state index in [0.29, 0.717) is 10.5 Å². The van der Waals surface area contributed by atoms with Gasteiger partial charge in [-0.3, -0.25) is 0 Å². The summed E-state index contributed by atoms with van der Waals surface area (Å²) in [6.45, 7) is 0. The third kappa shape index (κ3) is 2.92. The fraction of sp³-hybridized carbons (Fsp3) is 0. The van der Waals surface area contributed by atoms with Gasteiger partial charge in [-0.25, -0.2) is 4.73 Å². The molecule has 1 aromatic carbocycles. The van der Waals surface area contributed by atoms with Crippen LogP contribution in [0.5, 0.6) is 5.75 Å². The largest absolute Gasteiger partial charge is 0.710 e. The third-order valence-electron chi connectivity index (χ3n) is 2.11. The summed E-state index contributed by atoms with van der Waals surface area (Å²) in [6.07, 6.45) is -0.732. The summed E-state index contributed by atoms with van der Waals surface area (Å²) < 4.78 is 5.48. The molecule has 1 amide bonds. The van der Waals surface area contributed by atoms with Crippen molar-refractivity contribution in [2.75, 3.05) is 5.32 Å². The van der Waals surface area contributed by atoms with E-state index in [1.807, 2.05) is 0 Å². The van der Waals surface area contributed by atoms with E-state index < -0.39 is 6.09 Å². The number of hydrogen-bond acceptors (Lipinski definition) is 4. The minimum Gasteiger partial charge on any atom is -0.710 e. The molecule has 92 valence electrons. The first-order valence-electron chi connectivity index (χ1n) is 5.12. The van der Waals surface area contributed by atoms with Crippen LogP contribution >= 0.6 is 12.6 Å². The van der Waals surface area contributed by atoms with Crippen molar-refractivity contribution in [3.63, 3.8) is 0 Å². The maximum absolute atomic E-state index is 11.5. The Bertz CT molecular complexity index is 561. The zero-order valence-corrected chi connectivity index (χ0v) is 10.1. The summed E-state index contributed by atoms with van der Waals surface area (Å²) in [6, 6.07) is 13.1. The van der Waals surface area contributed by atoms with E-state index in [0.717, 1.165) is 0 Å². The number of nitrogens with zero attached hydrogens (tertiary/aromatic N) is 1. The number of benzene rings is 1. The minimum absolute atomic E-state index is 0.0587. The first kappa shape index (κ1) is 12.3. The summed E-state index contributed by atoms with van der Waals surface area (Å²) in [4.78, 5) is 11.5. The van der Waals surface area contributed by atoms with E-state index in [1.54, 1.807) is 36.4 Å². The maximum Gasteiger partial charge on any atom is 0.510 e. The highest BCUT2D eigenvalue weighted by Gasteiger charge is 2.14. The van der Waals surface area contributed by atoms with Crippen LogP contribution in [0.4, 0.5) is 10.6 Å². The lowest BCUT2D eigenvalue weighted by atomic mass is 10.3. The van der Waals surface area contributed by atoms with Crippen LogP contribution in [0.2, 0.25) is 0 Å². The van der Waals surface area contributed by atoms with Gasteiger partial charge in [-0.05, 0) is 24.3 Å². The number of thiol groups is 1. The first-order valence-corrected chi connectivity index (χ1v) is 5.57. The molecule has 5 nitrogen and oxygen atoms in total. The van der Waals surface area contributed by atoms with Crippen molar-refractivity contribution >= 4 is 24.5 Å². The van der Waals surface area contributed by atoms with Crippen LogP contribution in [0.15, 0.2) is 53.6 Å². The first-order chi connectivity index (χ1) is 8.66. The number of ether oxygens (including phenoxy) is 1. The molecule has 0 unspecified atom stereocenters. The van der Waals surface area contributed by atoms with Gasteiger partial charge in [-0.15, -0.1) is 12.6 Å². The number of hydrogen-bond donors (Lipinski definition) is 2. The van der Waals surface area contributed by atoms with E-state index in [4.69, 9.17) is 4.74 Å². The average molecular weight is 262 g/mol. The average Bonchev–Trinajstić information content (AvgIpc) is 2.36. The summed E-state index contributed by atoms with van der Waals surface area (Å²) in [7, 11) is 0. The summed E-state index contributed by atoms with van der Waals surface area (Å²) in [5, 5.41) is 14.1. The van der Waals surface area contributed by atoms with Crippen LogP contribution in [0.25, 0.3) is 0 Å². The Labute approximate surface area is 109 Å². The molecule has 0 bridgehead atoms. The third-order valence-corrected chi connectivity index (χ3v) is 2.44. The molecule has 0 saturated heterocycles. The molecule has 0 fully saturated rings. The van der Waals surface area contributed by atoms with Gasteiger partial charge in [0.15, 0.2) is 5.03 Å². The van der Waals surface area contributed by atoms with Gasteiger partial charge in [0, 0.05) is 6.07 Å². The monoisotopic (exact) mass is 262 g/mol. The number of pyridine rings is 1. The summed E-state index contributed by atoms with van der Waals surface area (Å²) in [5.74, 6) is 0.456. The van der Waals surface area contributed by atoms with Gasteiger partial charge < -0.3 is 9.94 Å². The van der Waals surface area contributed by atoms with Crippen molar-refractivity contribution in [2.45, 2.75) is 5.03 Å². The van der Waals surface area contributed by atoms with E-state index in [2.05, 4.69) is 17.9 Å². The predicted octanol–water partition coefficient (Wildman–Crippen LogP) is 2.22. The van der Waals surface area contributed by atoms with E-state index in [9.17, 15) is 10.0 Å². The second-order valence-electron chi connectivity index (χ2n) is 3.39. The molecule has 1 aromatic heterocycles. The molecule has 0 radical (unpaired) electrons. The molecule has 0 aliphatic carbocycles. The van der Waals surface area contributed by atoms with Gasteiger partial charge in [0.2, 0.25) is 0 Å². The molecule has 18 heavy (non-hydrogen) atoms. The lowest BCUT2D eigenvalue weighted by Gasteiger charge is -2.09. The number of carbonyl (C=O) groups excluding carboxylic acids is 1. The number of nitrogens with one attached hydrogen (secondary N) is 1. The molecule has 0 atom stereocenters. The Balaban J connectivity index is 2.06. The Morgan fingerprint density at radius 1 is 1.17 bits per heavy atom. The van der Waals surface area contributed by atoms with Gasteiger partial charge in [-0.1, -0.05) is 18.2 Å². The Morgan fingerprint density at radius 2 is 1.89 bits per heavy atom. The molecular formula is C12H10N2O3S. The fourth-order valence-corrected chi connectivity index (χ4v) is 1.50. The number of anilines is 1. The number of aromatic nitrogens is 1. The molecule has 0 aliphatic heterocycles. The lowest BCUT2D eigenvalue weighted by Crippen LogP contribution is -2.35. The highest BCUT2D eigenvalue weighted by molar-refractivity contribution is 7.80. The fourth-order valence-electron chi connectivity index (χ4n) is 1.30. The highest BCUT2D eigenvalue weighted by atomic mass is 32.1. The predicted molar refractivity (Wildman–Crippen MR) is 68.7 cm³/mol. The molecule has 0 saturated carbocycles. The molecule has 1 heterocycles. The highest BCUT2D eigenvalue weighted by Crippen LogP contribution is 2.10. The van der Waals surface area contributed by atoms with Gasteiger partial charge in [0.05, 0.1) is 0 Å². The summed E-state index contributed by atoms with van der Waals surface area (Å²) in [5.41, 5.74) is 0. The van der Waals surface area contributed by atoms with Crippen molar-refractivity contribution in [2.24, 2.45) is 0 Å². The second-order valence-corrected chi connectivity index (χ2v) is 3.85. The summed E-state index contributed by atoms with van der Waals surface area (Å²) >= 11 is 3.95.